The Balaban J connectivity index is 2.10. The third kappa shape index (κ3) is 1.71. The molecule has 96 valence electrons. The third-order valence-electron chi connectivity index (χ3n) is 4.01. The topological polar surface area (TPSA) is 49.7 Å². The highest BCUT2D eigenvalue weighted by molar-refractivity contribution is 6.18. The number of aliphatic hydroxyl groups excluding tert-OH is 2. The summed E-state index contributed by atoms with van der Waals surface area (Å²) in [5, 5.41) is 19.9. The summed E-state index contributed by atoms with van der Waals surface area (Å²) in [5.41, 5.74) is 2.11. The maximum Gasteiger partial charge on any atom is 0.119 e. The average Bonchev–Trinajstić information content (AvgIpc) is 2.74. The summed E-state index contributed by atoms with van der Waals surface area (Å²) in [6.07, 6.45) is 6.33. The van der Waals surface area contributed by atoms with Crippen molar-refractivity contribution in [1.82, 2.24) is 0 Å². The van der Waals surface area contributed by atoms with Gasteiger partial charge in [0.2, 0.25) is 0 Å². The zero-order valence-electron chi connectivity index (χ0n) is 11.0. The quantitative estimate of drug-likeness (QED) is 0.479. The van der Waals surface area contributed by atoms with Crippen molar-refractivity contribution in [1.29, 1.82) is 0 Å². The van der Waals surface area contributed by atoms with E-state index in [1.165, 1.54) is 0 Å². The highest BCUT2D eigenvalue weighted by Gasteiger charge is 2.53. The molecule has 6 unspecified atom stereocenters. The van der Waals surface area contributed by atoms with Gasteiger partial charge in [-0.05, 0) is 22.4 Å². The Morgan fingerprint density at radius 2 is 1.83 bits per heavy atom. The molecule has 4 heteroatoms. The summed E-state index contributed by atoms with van der Waals surface area (Å²) in [5.74, 6) is 0.315. The second-order valence-corrected chi connectivity index (χ2v) is 6.22. The molecule has 1 aliphatic carbocycles. The number of aliphatic hydroxyl groups is 2. The molecule has 2 heterocycles. The maximum atomic E-state index is 9.96. The molecular formula is C14H19BO3. The summed E-state index contributed by atoms with van der Waals surface area (Å²) in [6, 6.07) is 0. The number of fused-ring (bicyclic) bond motifs is 5. The molecule has 0 amide bonds. The highest BCUT2D eigenvalue weighted by atomic mass is 16.5. The van der Waals surface area contributed by atoms with E-state index in [0.29, 0.717) is 5.92 Å². The van der Waals surface area contributed by atoms with Gasteiger partial charge in [0.25, 0.3) is 0 Å². The van der Waals surface area contributed by atoms with E-state index < -0.39 is 12.2 Å². The molecule has 6 atom stereocenters. The zero-order chi connectivity index (χ0) is 13.1. The Morgan fingerprint density at radius 3 is 2.50 bits per heavy atom. The molecule has 0 aromatic heterocycles. The predicted octanol–water partition coefficient (Wildman–Crippen LogP) is 0.360. The number of rotatable bonds is 0. The fraction of sp³-hybridized carbons (Fsp3) is 0.571. The first-order valence-electron chi connectivity index (χ1n) is 6.55. The molecule has 0 saturated carbocycles. The molecule has 2 fully saturated rings. The van der Waals surface area contributed by atoms with Gasteiger partial charge in [-0.1, -0.05) is 38.2 Å². The second kappa shape index (κ2) is 3.83. The van der Waals surface area contributed by atoms with Crippen LogP contribution in [0.1, 0.15) is 13.8 Å². The molecule has 0 radical (unpaired) electrons. The van der Waals surface area contributed by atoms with Crippen LogP contribution in [0.2, 0.25) is 5.31 Å². The largest absolute Gasteiger partial charge is 0.387 e. The van der Waals surface area contributed by atoms with E-state index in [1.54, 1.807) is 0 Å². The summed E-state index contributed by atoms with van der Waals surface area (Å²) < 4.78 is 5.73. The van der Waals surface area contributed by atoms with Crippen LogP contribution in [-0.4, -0.2) is 42.5 Å². The van der Waals surface area contributed by atoms with Gasteiger partial charge >= 0.3 is 0 Å². The molecule has 2 bridgehead atoms. The Hall–Kier alpha value is -0.835. The van der Waals surface area contributed by atoms with Gasteiger partial charge in [0.05, 0.1) is 0 Å². The minimum atomic E-state index is -0.798. The summed E-state index contributed by atoms with van der Waals surface area (Å²) >= 11 is 0. The van der Waals surface area contributed by atoms with Gasteiger partial charge in [-0.15, -0.1) is 0 Å². The van der Waals surface area contributed by atoms with Crippen molar-refractivity contribution >= 4 is 7.85 Å². The van der Waals surface area contributed by atoms with Crippen molar-refractivity contribution in [3.63, 3.8) is 0 Å². The molecule has 3 nitrogen and oxygen atoms in total. The lowest BCUT2D eigenvalue weighted by atomic mass is 9.66. The van der Waals surface area contributed by atoms with Crippen LogP contribution in [0.4, 0.5) is 0 Å². The van der Waals surface area contributed by atoms with Gasteiger partial charge < -0.3 is 14.9 Å². The minimum absolute atomic E-state index is 0.0540. The summed E-state index contributed by atoms with van der Waals surface area (Å²) in [7, 11) is 2.14. The number of hydrogen-bond acceptors (Lipinski definition) is 3. The predicted molar refractivity (Wildman–Crippen MR) is 72.1 cm³/mol. The molecule has 2 saturated heterocycles. The molecule has 0 spiro atoms. The average molecular weight is 246 g/mol. The fourth-order valence-corrected chi connectivity index (χ4v) is 3.06. The van der Waals surface area contributed by atoms with Gasteiger partial charge in [-0.2, -0.15) is 0 Å². The van der Waals surface area contributed by atoms with E-state index in [0.717, 1.165) is 11.1 Å². The van der Waals surface area contributed by atoms with Crippen LogP contribution in [0.25, 0.3) is 0 Å². The van der Waals surface area contributed by atoms with E-state index in [-0.39, 0.29) is 17.5 Å². The molecule has 0 aromatic carbocycles. The Kier molecular flexibility index (Phi) is 2.60. The summed E-state index contributed by atoms with van der Waals surface area (Å²) in [4.78, 5) is 0. The Bertz CT molecular complexity index is 464. The maximum absolute atomic E-state index is 9.96. The first-order valence-corrected chi connectivity index (χ1v) is 6.55. The lowest BCUT2D eigenvalue weighted by Crippen LogP contribution is -2.39. The SMILES string of the molecule is BC1(C)/C=C\C(C)/C=C2\C(=C/1)C1OC2C(O)C1O. The lowest BCUT2D eigenvalue weighted by Gasteiger charge is -2.28. The molecule has 3 aliphatic rings. The highest BCUT2D eigenvalue weighted by Crippen LogP contribution is 2.46. The lowest BCUT2D eigenvalue weighted by molar-refractivity contribution is 0.0308. The standard InChI is InChI=1S/C14H19BO3/c1-7-3-4-14(2,15)6-9-8(5-7)12-10(16)11(17)13(9)18-12/h3-7,10-13,16-17H,15H2,1-2H3/b4-3-,8-5+,9-6+. The van der Waals surface area contributed by atoms with E-state index in [9.17, 15) is 10.2 Å². The fourth-order valence-electron chi connectivity index (χ4n) is 3.06. The van der Waals surface area contributed by atoms with Gasteiger partial charge in [0.1, 0.15) is 32.3 Å². The van der Waals surface area contributed by atoms with Crippen molar-refractivity contribution in [2.45, 2.75) is 43.6 Å². The van der Waals surface area contributed by atoms with Crippen LogP contribution in [0.15, 0.2) is 35.5 Å². The molecule has 2 aliphatic heterocycles. The van der Waals surface area contributed by atoms with Crippen molar-refractivity contribution in [3.8, 4) is 0 Å². The van der Waals surface area contributed by atoms with Gasteiger partial charge in [-0.3, -0.25) is 0 Å². The van der Waals surface area contributed by atoms with Crippen LogP contribution in [0, 0.1) is 5.92 Å². The molecule has 3 rings (SSSR count). The second-order valence-electron chi connectivity index (χ2n) is 6.22. The van der Waals surface area contributed by atoms with Crippen LogP contribution in [0.3, 0.4) is 0 Å². The normalized spacial score (nSPS) is 57.9. The zero-order valence-corrected chi connectivity index (χ0v) is 11.0. The first kappa shape index (κ1) is 12.2. The van der Waals surface area contributed by atoms with E-state index in [4.69, 9.17) is 4.74 Å². The van der Waals surface area contributed by atoms with Crippen LogP contribution < -0.4 is 0 Å². The van der Waals surface area contributed by atoms with E-state index in [2.05, 4.69) is 46.0 Å². The first-order chi connectivity index (χ1) is 8.39. The van der Waals surface area contributed by atoms with Gasteiger partial charge in [-0.25, -0.2) is 0 Å². The van der Waals surface area contributed by atoms with Crippen molar-refractivity contribution in [2.75, 3.05) is 0 Å². The van der Waals surface area contributed by atoms with Crippen molar-refractivity contribution in [3.05, 3.63) is 35.5 Å². The number of ether oxygens (including phenoxy) is 1. The van der Waals surface area contributed by atoms with E-state index in [1.807, 2.05) is 0 Å². The minimum Gasteiger partial charge on any atom is -0.387 e. The third-order valence-corrected chi connectivity index (χ3v) is 4.01. The van der Waals surface area contributed by atoms with Gasteiger partial charge in [0, 0.05) is 0 Å². The van der Waals surface area contributed by atoms with Crippen LogP contribution >= 0.6 is 0 Å². The molecule has 2 N–H and O–H groups in total. The van der Waals surface area contributed by atoms with Crippen LogP contribution in [0.5, 0.6) is 0 Å². The van der Waals surface area contributed by atoms with Crippen molar-refractivity contribution < 1.29 is 14.9 Å². The van der Waals surface area contributed by atoms with Crippen LogP contribution in [-0.2, 0) is 4.74 Å². The smallest absolute Gasteiger partial charge is 0.119 e. The molecule has 0 aromatic rings. The van der Waals surface area contributed by atoms with Crippen molar-refractivity contribution in [2.24, 2.45) is 5.92 Å². The van der Waals surface area contributed by atoms with E-state index >= 15 is 0 Å². The Labute approximate surface area is 108 Å². The monoisotopic (exact) mass is 246 g/mol. The molecule has 18 heavy (non-hydrogen) atoms. The number of hydrogen-bond donors (Lipinski definition) is 2. The van der Waals surface area contributed by atoms with Gasteiger partial charge in [0.15, 0.2) is 0 Å². The summed E-state index contributed by atoms with van der Waals surface area (Å²) in [6.45, 7) is 4.26. The molecular weight excluding hydrogens is 227 g/mol. The Morgan fingerprint density at radius 1 is 1.22 bits per heavy atom. The number of allylic oxidation sites excluding steroid dienone is 4.